The summed E-state index contributed by atoms with van der Waals surface area (Å²) in [5.41, 5.74) is 1.04. The molecule has 1 saturated carbocycles. The predicted octanol–water partition coefficient (Wildman–Crippen LogP) is 4.56. The van der Waals surface area contributed by atoms with Crippen molar-refractivity contribution in [3.05, 3.63) is 29.6 Å². The molecule has 1 aliphatic carbocycles. The third-order valence-electron chi connectivity index (χ3n) is 4.65. The molecular formula is C18H28FNO. The van der Waals surface area contributed by atoms with Crippen LogP contribution in [0.2, 0.25) is 0 Å². The molecule has 0 spiro atoms. The van der Waals surface area contributed by atoms with E-state index in [9.17, 15) is 4.39 Å². The average Bonchev–Trinajstić information content (AvgIpc) is 2.43. The Morgan fingerprint density at radius 1 is 1.24 bits per heavy atom. The number of nitrogens with one attached hydrogen (secondary N) is 1. The fourth-order valence-electron chi connectivity index (χ4n) is 3.93. The Hall–Kier alpha value is -1.09. The molecule has 3 unspecified atom stereocenters. The highest BCUT2D eigenvalue weighted by molar-refractivity contribution is 5.31. The summed E-state index contributed by atoms with van der Waals surface area (Å²) in [6, 6.07) is 5.61. The summed E-state index contributed by atoms with van der Waals surface area (Å²) in [5, 5.41) is 3.57. The quantitative estimate of drug-likeness (QED) is 0.859. The number of benzene rings is 1. The summed E-state index contributed by atoms with van der Waals surface area (Å²) in [7, 11) is 1.50. The van der Waals surface area contributed by atoms with Crippen molar-refractivity contribution >= 4 is 0 Å². The minimum Gasteiger partial charge on any atom is -0.494 e. The Morgan fingerprint density at radius 3 is 2.43 bits per heavy atom. The topological polar surface area (TPSA) is 21.3 Å². The molecular weight excluding hydrogens is 265 g/mol. The monoisotopic (exact) mass is 293 g/mol. The van der Waals surface area contributed by atoms with Gasteiger partial charge in [-0.1, -0.05) is 26.8 Å². The van der Waals surface area contributed by atoms with Crippen LogP contribution in [-0.4, -0.2) is 13.7 Å². The normalized spacial score (nSPS) is 27.4. The van der Waals surface area contributed by atoms with E-state index in [1.54, 1.807) is 12.1 Å². The van der Waals surface area contributed by atoms with Gasteiger partial charge in [0.2, 0.25) is 0 Å². The van der Waals surface area contributed by atoms with Crippen molar-refractivity contribution in [2.24, 2.45) is 17.8 Å². The zero-order valence-electron chi connectivity index (χ0n) is 13.7. The van der Waals surface area contributed by atoms with Crippen LogP contribution in [0.1, 0.15) is 51.6 Å². The van der Waals surface area contributed by atoms with Gasteiger partial charge in [0.05, 0.1) is 7.11 Å². The van der Waals surface area contributed by atoms with Gasteiger partial charge in [-0.25, -0.2) is 4.39 Å². The van der Waals surface area contributed by atoms with Crippen molar-refractivity contribution in [2.75, 3.05) is 13.7 Å². The van der Waals surface area contributed by atoms with Crippen molar-refractivity contribution in [3.63, 3.8) is 0 Å². The predicted molar refractivity (Wildman–Crippen MR) is 85.0 cm³/mol. The van der Waals surface area contributed by atoms with Gasteiger partial charge in [0.15, 0.2) is 11.6 Å². The Labute approximate surface area is 128 Å². The van der Waals surface area contributed by atoms with Crippen LogP contribution < -0.4 is 10.1 Å². The third kappa shape index (κ3) is 3.97. The number of ether oxygens (including phenoxy) is 1. The lowest BCUT2D eigenvalue weighted by molar-refractivity contribution is 0.177. The van der Waals surface area contributed by atoms with Crippen LogP contribution in [0.5, 0.6) is 5.75 Å². The second-order valence-corrected chi connectivity index (χ2v) is 6.61. The van der Waals surface area contributed by atoms with Crippen LogP contribution in [-0.2, 0) is 0 Å². The van der Waals surface area contributed by atoms with Crippen molar-refractivity contribution in [1.29, 1.82) is 0 Å². The molecule has 0 aromatic heterocycles. The second kappa shape index (κ2) is 7.26. The van der Waals surface area contributed by atoms with E-state index < -0.39 is 0 Å². The first-order chi connectivity index (χ1) is 10.0. The van der Waals surface area contributed by atoms with Gasteiger partial charge in [0.25, 0.3) is 0 Å². The average molecular weight is 293 g/mol. The number of methoxy groups -OCH3 is 1. The van der Waals surface area contributed by atoms with E-state index in [0.717, 1.165) is 23.9 Å². The van der Waals surface area contributed by atoms with Gasteiger partial charge in [-0.2, -0.15) is 0 Å². The molecule has 21 heavy (non-hydrogen) atoms. The molecule has 0 radical (unpaired) electrons. The molecule has 1 N–H and O–H groups in total. The number of hydrogen-bond acceptors (Lipinski definition) is 2. The summed E-state index contributed by atoms with van der Waals surface area (Å²) in [6.07, 6.45) is 3.75. The lowest BCUT2D eigenvalue weighted by Gasteiger charge is -2.37. The van der Waals surface area contributed by atoms with E-state index in [1.807, 2.05) is 6.07 Å². The fourth-order valence-corrected chi connectivity index (χ4v) is 3.93. The van der Waals surface area contributed by atoms with Crippen LogP contribution in [0.3, 0.4) is 0 Å². The first-order valence-corrected chi connectivity index (χ1v) is 8.11. The molecule has 0 saturated heterocycles. The minimum atomic E-state index is -0.269. The van der Waals surface area contributed by atoms with Crippen molar-refractivity contribution in [3.8, 4) is 5.75 Å². The molecule has 0 aliphatic heterocycles. The highest BCUT2D eigenvalue weighted by Crippen LogP contribution is 2.40. The molecule has 118 valence electrons. The molecule has 0 heterocycles. The Kier molecular flexibility index (Phi) is 5.63. The highest BCUT2D eigenvalue weighted by atomic mass is 19.1. The summed E-state index contributed by atoms with van der Waals surface area (Å²) in [4.78, 5) is 0. The van der Waals surface area contributed by atoms with Crippen molar-refractivity contribution < 1.29 is 9.13 Å². The fraction of sp³-hybridized carbons (Fsp3) is 0.667. The minimum absolute atomic E-state index is 0.237. The van der Waals surface area contributed by atoms with Gasteiger partial charge in [0.1, 0.15) is 0 Å². The van der Waals surface area contributed by atoms with Crippen LogP contribution in [0.25, 0.3) is 0 Å². The number of halogens is 1. The molecule has 1 fully saturated rings. The maximum absolute atomic E-state index is 14.0. The molecule has 0 amide bonds. The van der Waals surface area contributed by atoms with E-state index in [1.165, 1.54) is 26.4 Å². The van der Waals surface area contributed by atoms with E-state index in [4.69, 9.17) is 4.74 Å². The van der Waals surface area contributed by atoms with Gasteiger partial charge < -0.3 is 10.1 Å². The maximum atomic E-state index is 14.0. The van der Waals surface area contributed by atoms with Crippen LogP contribution in [0.15, 0.2) is 18.2 Å². The number of hydrogen-bond donors (Lipinski definition) is 1. The largest absolute Gasteiger partial charge is 0.494 e. The van der Waals surface area contributed by atoms with Crippen LogP contribution in [0, 0.1) is 23.6 Å². The van der Waals surface area contributed by atoms with E-state index in [2.05, 4.69) is 26.1 Å². The summed E-state index contributed by atoms with van der Waals surface area (Å²) in [6.45, 7) is 7.68. The van der Waals surface area contributed by atoms with E-state index >= 15 is 0 Å². The molecule has 0 bridgehead atoms. The summed E-state index contributed by atoms with van der Waals surface area (Å²) >= 11 is 0. The van der Waals surface area contributed by atoms with Gasteiger partial charge in [0, 0.05) is 6.04 Å². The molecule has 1 aromatic carbocycles. The Bertz CT molecular complexity index is 453. The SMILES string of the molecule is CCNC(c1ccc(OC)c(F)c1)C1CC(C)CC(C)C1. The Morgan fingerprint density at radius 2 is 1.90 bits per heavy atom. The molecule has 2 nitrogen and oxygen atoms in total. The van der Waals surface area contributed by atoms with Gasteiger partial charge >= 0.3 is 0 Å². The lowest BCUT2D eigenvalue weighted by atomic mass is 9.72. The zero-order valence-corrected chi connectivity index (χ0v) is 13.7. The molecule has 2 rings (SSSR count). The van der Waals surface area contributed by atoms with Crippen molar-refractivity contribution in [1.82, 2.24) is 5.32 Å². The molecule has 3 heteroatoms. The van der Waals surface area contributed by atoms with E-state index in [-0.39, 0.29) is 11.9 Å². The van der Waals surface area contributed by atoms with Gasteiger partial charge in [-0.15, -0.1) is 0 Å². The van der Waals surface area contributed by atoms with Gasteiger partial charge in [-0.3, -0.25) is 0 Å². The first kappa shape index (κ1) is 16.3. The molecule has 1 aromatic rings. The van der Waals surface area contributed by atoms with Crippen LogP contribution in [0.4, 0.5) is 4.39 Å². The number of rotatable bonds is 5. The van der Waals surface area contributed by atoms with Crippen LogP contribution >= 0.6 is 0 Å². The Balaban J connectivity index is 2.23. The summed E-state index contributed by atoms with van der Waals surface area (Å²) < 4.78 is 19.0. The van der Waals surface area contributed by atoms with Crippen molar-refractivity contribution in [2.45, 2.75) is 46.1 Å². The smallest absolute Gasteiger partial charge is 0.165 e. The molecule has 1 aliphatic rings. The highest BCUT2D eigenvalue weighted by Gasteiger charge is 2.30. The maximum Gasteiger partial charge on any atom is 0.165 e. The molecule has 3 atom stereocenters. The third-order valence-corrected chi connectivity index (χ3v) is 4.65. The first-order valence-electron chi connectivity index (χ1n) is 8.11. The standard InChI is InChI=1S/C18H28FNO/c1-5-20-18(15-9-12(2)8-13(3)10-15)14-6-7-17(21-4)16(19)11-14/h6-7,11-13,15,18,20H,5,8-10H2,1-4H3. The lowest BCUT2D eigenvalue weighted by Crippen LogP contribution is -2.33. The second-order valence-electron chi connectivity index (χ2n) is 6.61. The zero-order chi connectivity index (χ0) is 15.4. The van der Waals surface area contributed by atoms with Gasteiger partial charge in [-0.05, 0) is 61.3 Å². The van der Waals surface area contributed by atoms with E-state index in [0.29, 0.717) is 11.7 Å². The summed E-state index contributed by atoms with van der Waals surface area (Å²) in [5.74, 6) is 2.14.